The molecule has 0 heterocycles. The second-order valence-electron chi connectivity index (χ2n) is 5.46. The van der Waals surface area contributed by atoms with E-state index in [1.165, 1.54) is 6.07 Å². The Morgan fingerprint density at radius 1 is 1.20 bits per heavy atom. The number of sulfone groups is 1. The molecule has 20 heavy (non-hydrogen) atoms. The molecule has 0 radical (unpaired) electrons. The van der Waals surface area contributed by atoms with Crippen LogP contribution in [0.15, 0.2) is 23.1 Å². The second-order valence-corrected chi connectivity index (χ2v) is 15.9. The largest absolute Gasteiger partial charge is 0.294 e. The molecule has 0 bridgehead atoms. The molecule has 0 atom stereocenters. The fraction of sp³-hybridized carbons (Fsp3) is 0.462. The maximum atomic E-state index is 12.4. The molecule has 1 aromatic rings. The number of halogens is 3. The van der Waals surface area contributed by atoms with E-state index in [-0.39, 0.29) is 16.1 Å². The Morgan fingerprint density at radius 2 is 1.80 bits per heavy atom. The predicted molar refractivity (Wildman–Crippen MR) is 89.7 cm³/mol. The van der Waals surface area contributed by atoms with E-state index in [1.807, 2.05) is 13.8 Å². The van der Waals surface area contributed by atoms with Gasteiger partial charge in [-0.15, -0.1) is 0 Å². The van der Waals surface area contributed by atoms with Crippen LogP contribution >= 0.6 is 47.8 Å². The molecule has 7 heteroatoms. The quantitative estimate of drug-likeness (QED) is 0.546. The SMILES string of the molecule is CC1(C)CCC(=O)c2ccc(S(=O)(=O)C(Br)(Br)Br)cc21. The number of rotatable bonds is 1. The minimum atomic E-state index is -3.64. The lowest BCUT2D eigenvalue weighted by molar-refractivity contribution is 0.0956. The van der Waals surface area contributed by atoms with Gasteiger partial charge in [0, 0.05) is 12.0 Å². The summed E-state index contributed by atoms with van der Waals surface area (Å²) in [4.78, 5) is 12.1. The zero-order valence-corrected chi connectivity index (χ0v) is 16.5. The molecule has 1 aliphatic rings. The summed E-state index contributed by atoms with van der Waals surface area (Å²) >= 11 is 9.16. The van der Waals surface area contributed by atoms with Crippen LogP contribution in [0.5, 0.6) is 0 Å². The Balaban J connectivity index is 2.66. The van der Waals surface area contributed by atoms with Gasteiger partial charge in [0.05, 0.1) is 4.90 Å². The molecule has 0 fully saturated rings. The highest BCUT2D eigenvalue weighted by molar-refractivity contribution is 9.42. The molecule has 0 N–H and O–H groups in total. The van der Waals surface area contributed by atoms with Crippen molar-refractivity contribution in [3.8, 4) is 0 Å². The predicted octanol–water partition coefficient (Wildman–Crippen LogP) is 4.51. The number of hydrogen-bond acceptors (Lipinski definition) is 3. The summed E-state index contributed by atoms with van der Waals surface area (Å²) in [7, 11) is -3.64. The molecule has 110 valence electrons. The first-order valence-corrected chi connectivity index (χ1v) is 9.82. The van der Waals surface area contributed by atoms with Crippen LogP contribution in [0.1, 0.15) is 42.6 Å². The third-order valence-electron chi connectivity index (χ3n) is 3.61. The van der Waals surface area contributed by atoms with Crippen LogP contribution < -0.4 is 0 Å². The van der Waals surface area contributed by atoms with Crippen molar-refractivity contribution in [3.05, 3.63) is 29.3 Å². The van der Waals surface area contributed by atoms with Gasteiger partial charge in [-0.25, -0.2) is 8.42 Å². The summed E-state index contributed by atoms with van der Waals surface area (Å²) in [6, 6.07) is 4.70. The van der Waals surface area contributed by atoms with Gasteiger partial charge in [-0.1, -0.05) is 13.8 Å². The van der Waals surface area contributed by atoms with E-state index in [0.717, 1.165) is 12.0 Å². The maximum Gasteiger partial charge on any atom is 0.239 e. The Kier molecular flexibility index (Phi) is 4.31. The van der Waals surface area contributed by atoms with Gasteiger partial charge >= 0.3 is 0 Å². The Labute approximate surface area is 143 Å². The molecular formula is C13H13Br3O3S. The normalized spacial score (nSPS) is 18.8. The standard InChI is InChI=1S/C13H13Br3O3S/c1-12(2)6-5-11(17)9-4-3-8(7-10(9)12)20(18,19)13(14,15)16/h3-4,7H,5-6H2,1-2H3. The van der Waals surface area contributed by atoms with E-state index in [1.54, 1.807) is 12.1 Å². The van der Waals surface area contributed by atoms with Gasteiger partial charge < -0.3 is 0 Å². The summed E-state index contributed by atoms with van der Waals surface area (Å²) in [6.07, 6.45) is 1.23. The summed E-state index contributed by atoms with van der Waals surface area (Å²) < 4.78 is 23.4. The minimum Gasteiger partial charge on any atom is -0.294 e. The van der Waals surface area contributed by atoms with Crippen molar-refractivity contribution in [3.63, 3.8) is 0 Å². The Bertz CT molecular complexity index is 673. The molecule has 1 aliphatic carbocycles. The minimum absolute atomic E-state index is 0.0751. The van der Waals surface area contributed by atoms with Crippen molar-refractivity contribution in [2.45, 2.75) is 38.5 Å². The number of carbonyl (C=O) groups is 1. The average Bonchev–Trinajstić information content (AvgIpc) is 2.32. The third kappa shape index (κ3) is 2.78. The van der Waals surface area contributed by atoms with Crippen molar-refractivity contribution in [1.82, 2.24) is 0 Å². The summed E-state index contributed by atoms with van der Waals surface area (Å²) in [5.74, 6) is 0.0751. The van der Waals surface area contributed by atoms with Gasteiger partial charge in [-0.3, -0.25) is 4.79 Å². The maximum absolute atomic E-state index is 12.4. The Morgan fingerprint density at radius 3 is 2.35 bits per heavy atom. The van der Waals surface area contributed by atoms with Crippen LogP contribution in [0.2, 0.25) is 0 Å². The Hall–Kier alpha value is 0.280. The number of hydrogen-bond donors (Lipinski definition) is 0. The molecule has 0 aromatic heterocycles. The number of Topliss-reactive ketones (excluding diaryl/α,β-unsaturated/α-hetero) is 1. The molecule has 1 aromatic carbocycles. The topological polar surface area (TPSA) is 51.2 Å². The van der Waals surface area contributed by atoms with E-state index in [0.29, 0.717) is 12.0 Å². The molecule has 0 amide bonds. The van der Waals surface area contributed by atoms with E-state index >= 15 is 0 Å². The van der Waals surface area contributed by atoms with Gasteiger partial charge in [0.25, 0.3) is 0 Å². The third-order valence-corrected chi connectivity index (χ3v) is 8.93. The molecule has 0 unspecified atom stereocenters. The van der Waals surface area contributed by atoms with Crippen molar-refractivity contribution >= 4 is 63.4 Å². The fourth-order valence-electron chi connectivity index (χ4n) is 2.32. The molecule has 3 nitrogen and oxygen atoms in total. The monoisotopic (exact) mass is 486 g/mol. The van der Waals surface area contributed by atoms with Gasteiger partial charge in [0.15, 0.2) is 5.78 Å². The van der Waals surface area contributed by atoms with Crippen LogP contribution in [0.3, 0.4) is 0 Å². The van der Waals surface area contributed by atoms with Crippen molar-refractivity contribution < 1.29 is 13.2 Å². The van der Waals surface area contributed by atoms with Crippen LogP contribution in [0, 0.1) is 0 Å². The number of fused-ring (bicyclic) bond motifs is 1. The molecule has 0 aliphatic heterocycles. The van der Waals surface area contributed by atoms with Crippen LogP contribution in [-0.2, 0) is 15.3 Å². The molecule has 2 rings (SSSR count). The van der Waals surface area contributed by atoms with E-state index in [4.69, 9.17) is 0 Å². The lowest BCUT2D eigenvalue weighted by atomic mass is 9.72. The molecule has 0 saturated carbocycles. The molecular weight excluding hydrogens is 476 g/mol. The van der Waals surface area contributed by atoms with E-state index in [9.17, 15) is 13.2 Å². The number of alkyl halides is 3. The number of benzene rings is 1. The highest BCUT2D eigenvalue weighted by atomic mass is 80.0. The summed E-state index contributed by atoms with van der Waals surface area (Å²) in [6.45, 7) is 4.05. The van der Waals surface area contributed by atoms with Crippen molar-refractivity contribution in [2.75, 3.05) is 0 Å². The smallest absolute Gasteiger partial charge is 0.239 e. The van der Waals surface area contributed by atoms with Crippen LogP contribution in [0.25, 0.3) is 0 Å². The highest BCUT2D eigenvalue weighted by Gasteiger charge is 2.39. The van der Waals surface area contributed by atoms with Gasteiger partial charge in [-0.2, -0.15) is 0 Å². The lowest BCUT2D eigenvalue weighted by Crippen LogP contribution is -2.28. The fourth-order valence-corrected chi connectivity index (χ4v) is 4.79. The average molecular weight is 489 g/mol. The van der Waals surface area contributed by atoms with Crippen molar-refractivity contribution in [1.29, 1.82) is 0 Å². The highest BCUT2D eigenvalue weighted by Crippen LogP contribution is 2.45. The summed E-state index contributed by atoms with van der Waals surface area (Å²) in [5, 5.41) is 0. The molecule has 0 saturated heterocycles. The van der Waals surface area contributed by atoms with E-state index < -0.39 is 11.3 Å². The van der Waals surface area contributed by atoms with Crippen LogP contribution in [-0.4, -0.2) is 15.7 Å². The van der Waals surface area contributed by atoms with Gasteiger partial charge in [0.2, 0.25) is 11.3 Å². The first kappa shape index (κ1) is 16.6. The first-order valence-electron chi connectivity index (χ1n) is 5.96. The number of ketones is 1. The molecule has 0 spiro atoms. The van der Waals surface area contributed by atoms with Crippen LogP contribution in [0.4, 0.5) is 0 Å². The zero-order valence-electron chi connectivity index (χ0n) is 10.9. The van der Waals surface area contributed by atoms with Gasteiger partial charge in [0.1, 0.15) is 0 Å². The van der Waals surface area contributed by atoms with Gasteiger partial charge in [-0.05, 0) is 83.4 Å². The second kappa shape index (κ2) is 5.18. The van der Waals surface area contributed by atoms with E-state index in [2.05, 4.69) is 47.8 Å². The number of carbonyl (C=O) groups excluding carboxylic acids is 1. The van der Waals surface area contributed by atoms with Crippen molar-refractivity contribution in [2.24, 2.45) is 0 Å². The first-order chi connectivity index (χ1) is 8.97. The lowest BCUT2D eigenvalue weighted by Gasteiger charge is -2.32. The summed E-state index contributed by atoms with van der Waals surface area (Å²) in [5.41, 5.74) is 1.22. The zero-order chi connectivity index (χ0) is 15.3.